The fourth-order valence-electron chi connectivity index (χ4n) is 4.93. The summed E-state index contributed by atoms with van der Waals surface area (Å²) >= 11 is 0. The number of piperidine rings is 1. The van der Waals surface area contributed by atoms with Crippen molar-refractivity contribution in [1.82, 2.24) is 9.88 Å². The van der Waals surface area contributed by atoms with Crippen LogP contribution >= 0.6 is 0 Å². The third-order valence-electron chi connectivity index (χ3n) is 6.85. The molecule has 2 fully saturated rings. The molecule has 0 bridgehead atoms. The Labute approximate surface area is 207 Å². The lowest BCUT2D eigenvalue weighted by Gasteiger charge is -2.32. The zero-order valence-electron chi connectivity index (χ0n) is 20.4. The van der Waals surface area contributed by atoms with Crippen molar-refractivity contribution in [2.45, 2.75) is 19.8 Å². The van der Waals surface area contributed by atoms with Gasteiger partial charge in [0.15, 0.2) is 0 Å². The zero-order valence-corrected chi connectivity index (χ0v) is 20.4. The van der Waals surface area contributed by atoms with E-state index >= 15 is 0 Å². The Bertz CT molecular complexity index is 1160. The molecule has 184 valence electrons. The number of nitrogens with one attached hydrogen (secondary N) is 1. The largest absolute Gasteiger partial charge is 0.492 e. The highest BCUT2D eigenvalue weighted by molar-refractivity contribution is 6.09. The van der Waals surface area contributed by atoms with Gasteiger partial charge in [0.05, 0.1) is 13.2 Å². The number of morpholine rings is 1. The minimum Gasteiger partial charge on any atom is -0.492 e. The summed E-state index contributed by atoms with van der Waals surface area (Å²) in [6, 6.07) is 17.6. The first-order valence-corrected chi connectivity index (χ1v) is 12.7. The van der Waals surface area contributed by atoms with Gasteiger partial charge in [0.25, 0.3) is 5.91 Å². The number of nitrogens with zero attached hydrogens (tertiary/aromatic N) is 3. The molecule has 0 radical (unpaired) electrons. The number of hydrogen-bond acceptors (Lipinski definition) is 6. The highest BCUT2D eigenvalue weighted by Gasteiger charge is 2.19. The Kier molecular flexibility index (Phi) is 7.45. The number of carbonyl (C=O) groups is 1. The number of carbonyl (C=O) groups excluding carboxylic acids is 1. The maximum absolute atomic E-state index is 13.2. The molecule has 2 saturated heterocycles. The Morgan fingerprint density at radius 3 is 2.71 bits per heavy atom. The maximum Gasteiger partial charge on any atom is 0.274 e. The zero-order chi connectivity index (χ0) is 24.0. The topological polar surface area (TPSA) is 66.9 Å². The van der Waals surface area contributed by atoms with Gasteiger partial charge in [0.1, 0.15) is 23.9 Å². The van der Waals surface area contributed by atoms with Gasteiger partial charge in [-0.25, -0.2) is 4.98 Å². The van der Waals surface area contributed by atoms with E-state index in [1.807, 2.05) is 48.5 Å². The molecule has 7 heteroatoms. The van der Waals surface area contributed by atoms with Gasteiger partial charge < -0.3 is 19.7 Å². The molecule has 0 saturated carbocycles. The second kappa shape index (κ2) is 11.1. The molecule has 1 aromatic heterocycles. The molecule has 1 atom stereocenters. The van der Waals surface area contributed by atoms with Crippen LogP contribution in [0.5, 0.6) is 5.75 Å². The first-order valence-electron chi connectivity index (χ1n) is 12.7. The number of benzene rings is 2. The lowest BCUT2D eigenvalue weighted by molar-refractivity contribution is 0.0323. The molecule has 1 amide bonds. The van der Waals surface area contributed by atoms with Gasteiger partial charge in [-0.1, -0.05) is 37.3 Å². The molecule has 1 N–H and O–H groups in total. The van der Waals surface area contributed by atoms with E-state index in [1.165, 1.54) is 6.42 Å². The highest BCUT2D eigenvalue weighted by atomic mass is 16.5. The summed E-state index contributed by atoms with van der Waals surface area (Å²) in [5, 5.41) is 5.01. The van der Waals surface area contributed by atoms with Crippen molar-refractivity contribution in [3.8, 4) is 5.75 Å². The van der Waals surface area contributed by atoms with Crippen molar-refractivity contribution >= 4 is 28.2 Å². The summed E-state index contributed by atoms with van der Waals surface area (Å²) in [6.45, 7) is 9.18. The number of ether oxygens (including phenoxy) is 2. The van der Waals surface area contributed by atoms with E-state index in [0.29, 0.717) is 18.2 Å². The fraction of sp³-hybridized carbons (Fsp3) is 0.429. The lowest BCUT2D eigenvalue weighted by atomic mass is 10.0. The number of fused-ring (bicyclic) bond motifs is 1. The van der Waals surface area contributed by atoms with Gasteiger partial charge >= 0.3 is 0 Å². The van der Waals surface area contributed by atoms with Gasteiger partial charge in [0, 0.05) is 49.2 Å². The summed E-state index contributed by atoms with van der Waals surface area (Å²) in [4.78, 5) is 22.5. The fourth-order valence-corrected chi connectivity index (χ4v) is 4.93. The average molecular weight is 475 g/mol. The molecule has 35 heavy (non-hydrogen) atoms. The first-order chi connectivity index (χ1) is 17.2. The quantitative estimate of drug-likeness (QED) is 0.546. The van der Waals surface area contributed by atoms with Crippen LogP contribution in [-0.4, -0.2) is 68.3 Å². The van der Waals surface area contributed by atoms with Crippen LogP contribution in [0.15, 0.2) is 54.6 Å². The van der Waals surface area contributed by atoms with Crippen LogP contribution in [0.1, 0.15) is 30.3 Å². The Hall–Kier alpha value is -3.16. The van der Waals surface area contributed by atoms with Crippen LogP contribution in [0.2, 0.25) is 0 Å². The number of rotatable bonds is 7. The molecular weight excluding hydrogens is 440 g/mol. The third-order valence-corrected chi connectivity index (χ3v) is 6.85. The number of hydrogen-bond donors (Lipinski definition) is 1. The van der Waals surface area contributed by atoms with Crippen molar-refractivity contribution < 1.29 is 14.3 Å². The van der Waals surface area contributed by atoms with E-state index in [2.05, 4.69) is 27.0 Å². The van der Waals surface area contributed by atoms with E-state index < -0.39 is 0 Å². The van der Waals surface area contributed by atoms with Crippen LogP contribution in [0.4, 0.5) is 11.5 Å². The van der Waals surface area contributed by atoms with Gasteiger partial charge in [-0.2, -0.15) is 0 Å². The molecule has 2 aliphatic heterocycles. The Balaban J connectivity index is 1.29. The van der Waals surface area contributed by atoms with E-state index in [1.54, 1.807) is 6.07 Å². The van der Waals surface area contributed by atoms with Crippen LogP contribution in [-0.2, 0) is 4.74 Å². The number of aromatic nitrogens is 1. The predicted molar refractivity (Wildman–Crippen MR) is 140 cm³/mol. The number of amides is 1. The summed E-state index contributed by atoms with van der Waals surface area (Å²) in [5.74, 6) is 2.14. The second-order valence-electron chi connectivity index (χ2n) is 9.49. The minimum atomic E-state index is -0.206. The first kappa shape index (κ1) is 23.6. The third kappa shape index (κ3) is 5.74. The highest BCUT2D eigenvalue weighted by Crippen LogP contribution is 2.32. The van der Waals surface area contributed by atoms with Crippen molar-refractivity contribution in [2.24, 2.45) is 5.92 Å². The van der Waals surface area contributed by atoms with Crippen molar-refractivity contribution in [1.29, 1.82) is 0 Å². The van der Waals surface area contributed by atoms with E-state index in [9.17, 15) is 4.79 Å². The normalized spacial score (nSPS) is 19.0. The summed E-state index contributed by atoms with van der Waals surface area (Å²) in [6.07, 6.45) is 2.41. The molecule has 7 nitrogen and oxygen atoms in total. The maximum atomic E-state index is 13.2. The van der Waals surface area contributed by atoms with Crippen molar-refractivity contribution in [3.05, 3.63) is 60.3 Å². The Morgan fingerprint density at radius 2 is 1.89 bits per heavy atom. The molecule has 5 rings (SSSR count). The Morgan fingerprint density at radius 1 is 1.06 bits per heavy atom. The average Bonchev–Trinajstić information content (AvgIpc) is 2.90. The van der Waals surface area contributed by atoms with E-state index in [0.717, 1.165) is 80.4 Å². The van der Waals surface area contributed by atoms with Gasteiger partial charge in [-0.05, 0) is 43.0 Å². The van der Waals surface area contributed by atoms with Gasteiger partial charge in [-0.3, -0.25) is 9.69 Å². The molecule has 1 unspecified atom stereocenters. The van der Waals surface area contributed by atoms with E-state index in [4.69, 9.17) is 9.47 Å². The predicted octanol–water partition coefficient (Wildman–Crippen LogP) is 4.43. The monoisotopic (exact) mass is 474 g/mol. The molecule has 3 heterocycles. The number of anilines is 2. The SMILES string of the molecule is CC1CCCN(c2cccc(C(=O)Nc3ccc(OCCN4CCOCC4)c4ccccc34)n2)C1. The number of pyridine rings is 1. The smallest absolute Gasteiger partial charge is 0.274 e. The summed E-state index contributed by atoms with van der Waals surface area (Å²) in [5.41, 5.74) is 1.18. The van der Waals surface area contributed by atoms with Crippen molar-refractivity contribution in [2.75, 3.05) is 62.8 Å². The molecule has 0 aliphatic carbocycles. The molecule has 0 spiro atoms. The van der Waals surface area contributed by atoms with Crippen LogP contribution < -0.4 is 15.0 Å². The summed E-state index contributed by atoms with van der Waals surface area (Å²) < 4.78 is 11.6. The molecule has 3 aromatic rings. The van der Waals surface area contributed by atoms with E-state index in [-0.39, 0.29) is 5.91 Å². The second-order valence-corrected chi connectivity index (χ2v) is 9.49. The van der Waals surface area contributed by atoms with Gasteiger partial charge in [-0.15, -0.1) is 0 Å². The van der Waals surface area contributed by atoms with Crippen LogP contribution in [0.25, 0.3) is 10.8 Å². The van der Waals surface area contributed by atoms with Crippen LogP contribution in [0, 0.1) is 5.92 Å². The minimum absolute atomic E-state index is 0.206. The summed E-state index contributed by atoms with van der Waals surface area (Å²) in [7, 11) is 0. The van der Waals surface area contributed by atoms with Gasteiger partial charge in [0.2, 0.25) is 0 Å². The molecular formula is C28H34N4O3. The molecule has 2 aromatic carbocycles. The standard InChI is InChI=1S/C28H34N4O3/c1-21-6-5-13-32(20-21)27-10-4-9-25(29-27)28(33)30-24-11-12-26(23-8-3-2-7-22(23)24)35-19-16-31-14-17-34-18-15-31/h2-4,7-12,21H,5-6,13-20H2,1H3,(H,30,33). The molecule has 2 aliphatic rings. The van der Waals surface area contributed by atoms with Crippen LogP contribution in [0.3, 0.4) is 0 Å². The lowest BCUT2D eigenvalue weighted by Crippen LogP contribution is -2.38. The van der Waals surface area contributed by atoms with Crippen molar-refractivity contribution in [3.63, 3.8) is 0 Å².